The van der Waals surface area contributed by atoms with Crippen LogP contribution in [0.1, 0.15) is 37.4 Å². The molecule has 23 heavy (non-hydrogen) atoms. The maximum atomic E-state index is 3.80. The number of nitrogens with zero attached hydrogens (tertiary/aromatic N) is 1. The van der Waals surface area contributed by atoms with E-state index < -0.39 is 0 Å². The van der Waals surface area contributed by atoms with Gasteiger partial charge in [-0.25, -0.2) is 0 Å². The minimum atomic E-state index is 0.411. The molecule has 2 aromatic carbocycles. The quantitative estimate of drug-likeness (QED) is 0.858. The molecule has 2 nitrogen and oxygen atoms in total. The summed E-state index contributed by atoms with van der Waals surface area (Å²) in [6.07, 6.45) is 1.29. The van der Waals surface area contributed by atoms with Gasteiger partial charge in [0, 0.05) is 25.2 Å². The highest BCUT2D eigenvalue weighted by molar-refractivity contribution is 5.18. The Morgan fingerprint density at radius 3 is 2.35 bits per heavy atom. The van der Waals surface area contributed by atoms with Crippen molar-refractivity contribution in [1.82, 2.24) is 10.2 Å². The van der Waals surface area contributed by atoms with E-state index in [1.54, 1.807) is 0 Å². The van der Waals surface area contributed by atoms with Gasteiger partial charge in [-0.3, -0.25) is 4.90 Å². The van der Waals surface area contributed by atoms with Gasteiger partial charge in [0.2, 0.25) is 0 Å². The van der Waals surface area contributed by atoms with Gasteiger partial charge in [0.25, 0.3) is 0 Å². The molecular formula is C21H28N2. The van der Waals surface area contributed by atoms with Crippen LogP contribution >= 0.6 is 0 Å². The zero-order chi connectivity index (χ0) is 16.1. The summed E-state index contributed by atoms with van der Waals surface area (Å²) < 4.78 is 0. The van der Waals surface area contributed by atoms with Crippen molar-refractivity contribution in [2.24, 2.45) is 5.92 Å². The van der Waals surface area contributed by atoms with Gasteiger partial charge in [-0.1, -0.05) is 60.7 Å². The fourth-order valence-corrected chi connectivity index (χ4v) is 3.62. The number of hydrogen-bond donors (Lipinski definition) is 1. The third-order valence-corrected chi connectivity index (χ3v) is 5.08. The molecule has 1 aliphatic heterocycles. The number of hydrogen-bond acceptors (Lipinski definition) is 2. The van der Waals surface area contributed by atoms with Gasteiger partial charge >= 0.3 is 0 Å². The lowest BCUT2D eigenvalue weighted by molar-refractivity contribution is 0.290. The summed E-state index contributed by atoms with van der Waals surface area (Å²) in [5.41, 5.74) is 2.80. The van der Waals surface area contributed by atoms with Gasteiger partial charge in [0.1, 0.15) is 0 Å². The van der Waals surface area contributed by atoms with Crippen LogP contribution in [-0.4, -0.2) is 24.0 Å². The van der Waals surface area contributed by atoms with E-state index in [0.29, 0.717) is 12.1 Å². The molecule has 1 fully saturated rings. The second-order valence-corrected chi connectivity index (χ2v) is 6.86. The molecule has 2 aromatic rings. The Kier molecular flexibility index (Phi) is 5.47. The third kappa shape index (κ3) is 4.43. The first-order valence-corrected chi connectivity index (χ1v) is 8.79. The number of nitrogens with one attached hydrogen (secondary N) is 1. The fourth-order valence-electron chi connectivity index (χ4n) is 3.62. The largest absolute Gasteiger partial charge is 0.307 e. The summed E-state index contributed by atoms with van der Waals surface area (Å²) in [5, 5.41) is 3.80. The van der Waals surface area contributed by atoms with Crippen molar-refractivity contribution >= 4 is 0 Å². The first-order valence-electron chi connectivity index (χ1n) is 8.79. The van der Waals surface area contributed by atoms with Crippen molar-refractivity contribution in [1.29, 1.82) is 0 Å². The zero-order valence-electron chi connectivity index (χ0n) is 14.3. The lowest BCUT2D eigenvalue weighted by Gasteiger charge is -2.25. The van der Waals surface area contributed by atoms with E-state index in [-0.39, 0.29) is 0 Å². The van der Waals surface area contributed by atoms with Crippen LogP contribution in [0.3, 0.4) is 0 Å². The van der Waals surface area contributed by atoms with E-state index in [2.05, 4.69) is 84.7 Å². The van der Waals surface area contributed by atoms with Crippen LogP contribution in [0.4, 0.5) is 0 Å². The fraction of sp³-hybridized carbons (Fsp3) is 0.429. The van der Waals surface area contributed by atoms with Gasteiger partial charge < -0.3 is 5.32 Å². The second-order valence-electron chi connectivity index (χ2n) is 6.86. The average molecular weight is 308 g/mol. The Balaban J connectivity index is 1.50. The maximum Gasteiger partial charge on any atom is 0.0294 e. The van der Waals surface area contributed by atoms with Crippen LogP contribution in [0, 0.1) is 5.92 Å². The molecular weight excluding hydrogens is 280 g/mol. The predicted molar refractivity (Wildman–Crippen MR) is 97.3 cm³/mol. The molecule has 3 atom stereocenters. The average Bonchev–Trinajstić information content (AvgIpc) is 3.05. The normalized spacial score (nSPS) is 21.2. The lowest BCUT2D eigenvalue weighted by Crippen LogP contribution is -2.36. The van der Waals surface area contributed by atoms with Crippen molar-refractivity contribution in [3.05, 3.63) is 71.8 Å². The molecule has 0 aromatic heterocycles. The monoisotopic (exact) mass is 308 g/mol. The first-order chi connectivity index (χ1) is 11.2. The van der Waals surface area contributed by atoms with E-state index in [4.69, 9.17) is 0 Å². The predicted octanol–water partition coefficient (Wildman–Crippen LogP) is 4.25. The van der Waals surface area contributed by atoms with Gasteiger partial charge in [-0.2, -0.15) is 0 Å². The van der Waals surface area contributed by atoms with Gasteiger partial charge in [-0.15, -0.1) is 0 Å². The summed E-state index contributed by atoms with van der Waals surface area (Å²) in [7, 11) is 0. The SMILES string of the molecule is C[C@H](N[C@@H](C)[C@@H]1CCN(Cc2ccccc2)C1)c1ccccc1. The summed E-state index contributed by atoms with van der Waals surface area (Å²) in [6.45, 7) is 8.10. The van der Waals surface area contributed by atoms with Crippen LogP contribution < -0.4 is 5.32 Å². The van der Waals surface area contributed by atoms with Crippen LogP contribution in [0.25, 0.3) is 0 Å². The highest BCUT2D eigenvalue weighted by atomic mass is 15.2. The highest BCUT2D eigenvalue weighted by Crippen LogP contribution is 2.23. The Morgan fingerprint density at radius 2 is 1.65 bits per heavy atom. The Hall–Kier alpha value is -1.64. The molecule has 0 bridgehead atoms. The Labute approximate surface area is 140 Å². The van der Waals surface area contributed by atoms with Crippen LogP contribution in [0.5, 0.6) is 0 Å². The summed E-state index contributed by atoms with van der Waals surface area (Å²) >= 11 is 0. The van der Waals surface area contributed by atoms with Gasteiger partial charge in [-0.05, 0) is 43.9 Å². The molecule has 2 heteroatoms. The van der Waals surface area contributed by atoms with Crippen molar-refractivity contribution in [3.8, 4) is 0 Å². The Bertz CT molecular complexity index is 581. The number of rotatable bonds is 6. The molecule has 0 amide bonds. The van der Waals surface area contributed by atoms with Crippen molar-refractivity contribution in [3.63, 3.8) is 0 Å². The van der Waals surface area contributed by atoms with Crippen molar-refractivity contribution < 1.29 is 0 Å². The minimum absolute atomic E-state index is 0.411. The number of likely N-dealkylation sites (tertiary alicyclic amines) is 1. The molecule has 1 saturated heterocycles. The molecule has 0 unspecified atom stereocenters. The molecule has 0 saturated carbocycles. The molecule has 1 N–H and O–H groups in total. The second kappa shape index (κ2) is 7.76. The van der Waals surface area contributed by atoms with E-state index in [0.717, 1.165) is 12.5 Å². The minimum Gasteiger partial charge on any atom is -0.307 e. The maximum absolute atomic E-state index is 3.80. The molecule has 122 valence electrons. The van der Waals surface area contributed by atoms with Crippen LogP contribution in [0.2, 0.25) is 0 Å². The van der Waals surface area contributed by atoms with Crippen molar-refractivity contribution in [2.45, 2.75) is 38.9 Å². The third-order valence-electron chi connectivity index (χ3n) is 5.08. The highest BCUT2D eigenvalue weighted by Gasteiger charge is 2.27. The van der Waals surface area contributed by atoms with E-state index in [9.17, 15) is 0 Å². The van der Waals surface area contributed by atoms with Gasteiger partial charge in [0.15, 0.2) is 0 Å². The molecule has 3 rings (SSSR count). The molecule has 1 aliphatic rings. The smallest absolute Gasteiger partial charge is 0.0294 e. The summed E-state index contributed by atoms with van der Waals surface area (Å²) in [6, 6.07) is 22.5. The number of benzene rings is 2. The van der Waals surface area contributed by atoms with E-state index >= 15 is 0 Å². The molecule has 1 heterocycles. The van der Waals surface area contributed by atoms with Crippen LogP contribution in [-0.2, 0) is 6.54 Å². The standard InChI is InChI=1S/C21H28N2/c1-17(20-11-7-4-8-12-20)22-18(2)21-13-14-23(16-21)15-19-9-5-3-6-10-19/h3-12,17-18,21-22H,13-16H2,1-2H3/t17-,18-,21+/m0/s1. The Morgan fingerprint density at radius 1 is 1.00 bits per heavy atom. The lowest BCUT2D eigenvalue weighted by atomic mass is 9.98. The summed E-state index contributed by atoms with van der Waals surface area (Å²) in [4.78, 5) is 2.59. The van der Waals surface area contributed by atoms with Gasteiger partial charge in [0.05, 0.1) is 0 Å². The molecule has 0 radical (unpaired) electrons. The topological polar surface area (TPSA) is 15.3 Å². The van der Waals surface area contributed by atoms with Crippen LogP contribution in [0.15, 0.2) is 60.7 Å². The molecule has 0 aliphatic carbocycles. The zero-order valence-corrected chi connectivity index (χ0v) is 14.3. The first kappa shape index (κ1) is 16.2. The summed E-state index contributed by atoms with van der Waals surface area (Å²) in [5.74, 6) is 0.741. The molecule has 0 spiro atoms. The van der Waals surface area contributed by atoms with E-state index in [1.165, 1.54) is 30.6 Å². The van der Waals surface area contributed by atoms with Crippen molar-refractivity contribution in [2.75, 3.05) is 13.1 Å². The van der Waals surface area contributed by atoms with E-state index in [1.807, 2.05) is 0 Å².